The van der Waals surface area contributed by atoms with Crippen LogP contribution in [-0.4, -0.2) is 37.2 Å². The van der Waals surface area contributed by atoms with Crippen molar-refractivity contribution in [2.45, 2.75) is 13.5 Å². The van der Waals surface area contributed by atoms with Crippen molar-refractivity contribution in [3.63, 3.8) is 0 Å². The molecule has 0 aliphatic heterocycles. The highest BCUT2D eigenvalue weighted by Crippen LogP contribution is 2.25. The van der Waals surface area contributed by atoms with E-state index < -0.39 is 0 Å². The third-order valence-electron chi connectivity index (χ3n) is 3.72. The van der Waals surface area contributed by atoms with Crippen molar-refractivity contribution in [2.24, 2.45) is 7.05 Å². The van der Waals surface area contributed by atoms with Crippen molar-refractivity contribution in [2.75, 3.05) is 11.9 Å². The van der Waals surface area contributed by atoms with Gasteiger partial charge >= 0.3 is 0 Å². The average Bonchev–Trinajstić information content (AvgIpc) is 3.15. The van der Waals surface area contributed by atoms with Crippen molar-refractivity contribution in [3.8, 4) is 11.3 Å². The van der Waals surface area contributed by atoms with Crippen LogP contribution in [0.2, 0.25) is 0 Å². The highest BCUT2D eigenvalue weighted by Gasteiger charge is 2.15. The molecular weight excluding hydrogens is 306 g/mol. The van der Waals surface area contributed by atoms with Gasteiger partial charge in [-0.15, -0.1) is 0 Å². The van der Waals surface area contributed by atoms with E-state index in [4.69, 9.17) is 0 Å². The minimum absolute atomic E-state index is 0.0648. The maximum Gasteiger partial charge on any atom is 0.259 e. The third-order valence-corrected chi connectivity index (χ3v) is 3.72. The summed E-state index contributed by atoms with van der Waals surface area (Å²) in [6.45, 7) is 2.24. The number of aliphatic hydroxyl groups excluding tert-OH is 1. The fourth-order valence-electron chi connectivity index (χ4n) is 2.50. The molecule has 0 saturated heterocycles. The number of rotatable bonds is 5. The topological polar surface area (TPSA) is 85.0 Å². The predicted octanol–water partition coefficient (Wildman–Crippen LogP) is 1.84. The number of hydrogen-bond donors (Lipinski definition) is 2. The summed E-state index contributed by atoms with van der Waals surface area (Å²) >= 11 is 0. The zero-order valence-electron chi connectivity index (χ0n) is 13.6. The summed E-state index contributed by atoms with van der Waals surface area (Å²) in [7, 11) is 1.75. The molecule has 124 valence electrons. The molecule has 0 atom stereocenters. The number of carbonyl (C=O) groups is 1. The normalized spacial score (nSPS) is 10.8. The molecule has 24 heavy (non-hydrogen) atoms. The standard InChI is InChI=1S/C17H19N5O2/c1-12-5-3-4-6-14(12)15-9-16(22(20-15)7-8-23)19-17(24)13-10-18-21(2)11-13/h3-6,9-11,23H,7-8H2,1-2H3,(H,19,24). The lowest BCUT2D eigenvalue weighted by Gasteiger charge is -2.06. The van der Waals surface area contributed by atoms with E-state index in [0.29, 0.717) is 17.9 Å². The quantitative estimate of drug-likeness (QED) is 0.749. The van der Waals surface area contributed by atoms with Crippen LogP contribution in [0, 0.1) is 6.92 Å². The Bertz CT molecular complexity index is 866. The van der Waals surface area contributed by atoms with Crippen LogP contribution >= 0.6 is 0 Å². The summed E-state index contributed by atoms with van der Waals surface area (Å²) in [4.78, 5) is 12.3. The minimum Gasteiger partial charge on any atom is -0.394 e. The Morgan fingerprint density at radius 3 is 2.79 bits per heavy atom. The largest absolute Gasteiger partial charge is 0.394 e. The number of nitrogens with one attached hydrogen (secondary N) is 1. The first-order chi connectivity index (χ1) is 11.6. The lowest BCUT2D eigenvalue weighted by Crippen LogP contribution is -2.16. The van der Waals surface area contributed by atoms with E-state index in [9.17, 15) is 9.90 Å². The number of nitrogens with zero attached hydrogens (tertiary/aromatic N) is 4. The van der Waals surface area contributed by atoms with Gasteiger partial charge in [-0.1, -0.05) is 24.3 Å². The maximum atomic E-state index is 12.3. The summed E-state index contributed by atoms with van der Waals surface area (Å²) in [5.41, 5.74) is 3.30. The number of anilines is 1. The smallest absolute Gasteiger partial charge is 0.259 e. The van der Waals surface area contributed by atoms with Crippen molar-refractivity contribution in [1.29, 1.82) is 0 Å². The lowest BCUT2D eigenvalue weighted by molar-refractivity contribution is 0.102. The second kappa shape index (κ2) is 6.67. The molecule has 0 unspecified atom stereocenters. The molecular formula is C17H19N5O2. The van der Waals surface area contributed by atoms with Gasteiger partial charge in [0.25, 0.3) is 5.91 Å². The van der Waals surface area contributed by atoms with Crippen LogP contribution in [0.4, 0.5) is 5.82 Å². The van der Waals surface area contributed by atoms with Crippen molar-refractivity contribution >= 4 is 11.7 Å². The average molecular weight is 325 g/mol. The molecule has 1 amide bonds. The predicted molar refractivity (Wildman–Crippen MR) is 90.6 cm³/mol. The summed E-state index contributed by atoms with van der Waals surface area (Å²) in [6.07, 6.45) is 3.15. The van der Waals surface area contributed by atoms with Crippen LogP contribution in [-0.2, 0) is 13.6 Å². The molecule has 1 aromatic carbocycles. The van der Waals surface area contributed by atoms with E-state index >= 15 is 0 Å². The van der Waals surface area contributed by atoms with Gasteiger partial charge < -0.3 is 10.4 Å². The first-order valence-electron chi connectivity index (χ1n) is 7.63. The zero-order chi connectivity index (χ0) is 17.1. The van der Waals surface area contributed by atoms with Crippen LogP contribution < -0.4 is 5.32 Å². The first-order valence-corrected chi connectivity index (χ1v) is 7.63. The van der Waals surface area contributed by atoms with Crippen molar-refractivity contribution < 1.29 is 9.90 Å². The van der Waals surface area contributed by atoms with Gasteiger partial charge in [-0.05, 0) is 12.5 Å². The highest BCUT2D eigenvalue weighted by atomic mass is 16.3. The zero-order valence-corrected chi connectivity index (χ0v) is 13.6. The molecule has 0 fully saturated rings. The van der Waals surface area contributed by atoms with Gasteiger partial charge in [-0.2, -0.15) is 10.2 Å². The fraction of sp³-hybridized carbons (Fsp3) is 0.235. The van der Waals surface area contributed by atoms with E-state index in [2.05, 4.69) is 15.5 Å². The Morgan fingerprint density at radius 1 is 1.33 bits per heavy atom. The van der Waals surface area contributed by atoms with Gasteiger partial charge in [-0.25, -0.2) is 4.68 Å². The number of benzene rings is 1. The molecule has 2 heterocycles. The van der Waals surface area contributed by atoms with Crippen LogP contribution in [0.3, 0.4) is 0 Å². The van der Waals surface area contributed by atoms with Crippen LogP contribution in [0.15, 0.2) is 42.7 Å². The number of carbonyl (C=O) groups excluding carboxylic acids is 1. The van der Waals surface area contributed by atoms with E-state index in [-0.39, 0.29) is 12.5 Å². The van der Waals surface area contributed by atoms with E-state index in [1.54, 1.807) is 22.6 Å². The molecule has 3 rings (SSSR count). The van der Waals surface area contributed by atoms with Gasteiger partial charge in [0, 0.05) is 24.9 Å². The lowest BCUT2D eigenvalue weighted by atomic mass is 10.1. The molecule has 3 aromatic rings. The molecule has 0 saturated carbocycles. The number of amides is 1. The highest BCUT2D eigenvalue weighted by molar-refractivity contribution is 6.03. The van der Waals surface area contributed by atoms with E-state index in [1.165, 1.54) is 6.20 Å². The van der Waals surface area contributed by atoms with Crippen LogP contribution in [0.25, 0.3) is 11.3 Å². The molecule has 2 aromatic heterocycles. The number of aromatic nitrogens is 4. The maximum absolute atomic E-state index is 12.3. The molecule has 0 aliphatic rings. The molecule has 7 heteroatoms. The number of hydrogen-bond acceptors (Lipinski definition) is 4. The molecule has 2 N–H and O–H groups in total. The Morgan fingerprint density at radius 2 is 2.12 bits per heavy atom. The summed E-state index contributed by atoms with van der Waals surface area (Å²) in [5.74, 6) is 0.273. The number of aliphatic hydroxyl groups is 1. The van der Waals surface area contributed by atoms with Crippen LogP contribution in [0.1, 0.15) is 15.9 Å². The molecule has 0 radical (unpaired) electrons. The summed E-state index contributed by atoms with van der Waals surface area (Å²) < 4.78 is 3.16. The Hall–Kier alpha value is -2.93. The van der Waals surface area contributed by atoms with Gasteiger partial charge in [0.05, 0.1) is 30.6 Å². The van der Waals surface area contributed by atoms with Crippen molar-refractivity contribution in [1.82, 2.24) is 19.6 Å². The third kappa shape index (κ3) is 3.21. The van der Waals surface area contributed by atoms with E-state index in [1.807, 2.05) is 37.3 Å². The molecule has 0 bridgehead atoms. The Kier molecular flexibility index (Phi) is 4.43. The van der Waals surface area contributed by atoms with E-state index in [0.717, 1.165) is 16.8 Å². The van der Waals surface area contributed by atoms with Gasteiger partial charge in [0.2, 0.25) is 0 Å². The van der Waals surface area contributed by atoms with Crippen LogP contribution in [0.5, 0.6) is 0 Å². The van der Waals surface area contributed by atoms with Gasteiger partial charge in [-0.3, -0.25) is 9.48 Å². The minimum atomic E-state index is -0.265. The Balaban J connectivity index is 1.92. The van der Waals surface area contributed by atoms with Crippen molar-refractivity contribution in [3.05, 3.63) is 53.9 Å². The van der Waals surface area contributed by atoms with Gasteiger partial charge in [0.1, 0.15) is 5.82 Å². The molecule has 0 spiro atoms. The molecule has 0 aliphatic carbocycles. The van der Waals surface area contributed by atoms with Gasteiger partial charge in [0.15, 0.2) is 0 Å². The monoisotopic (exact) mass is 325 g/mol. The first kappa shape index (κ1) is 15.9. The fourth-order valence-corrected chi connectivity index (χ4v) is 2.50. The second-order valence-electron chi connectivity index (χ2n) is 5.53. The number of aryl methyl sites for hydroxylation is 2. The Labute approximate surface area is 139 Å². The summed E-state index contributed by atoms with van der Waals surface area (Å²) in [6, 6.07) is 9.71. The second-order valence-corrected chi connectivity index (χ2v) is 5.53. The SMILES string of the molecule is Cc1ccccc1-c1cc(NC(=O)c2cnn(C)c2)n(CCO)n1. The molecule has 7 nitrogen and oxygen atoms in total. The summed E-state index contributed by atoms with van der Waals surface area (Å²) in [5, 5.41) is 20.6.